The van der Waals surface area contributed by atoms with Crippen molar-refractivity contribution in [2.45, 2.75) is 37.8 Å². The molecule has 2 rings (SSSR count). The fourth-order valence-corrected chi connectivity index (χ4v) is 3.23. The summed E-state index contributed by atoms with van der Waals surface area (Å²) >= 11 is 0. The Balaban J connectivity index is 2.12. The Morgan fingerprint density at radius 2 is 1.62 bits per heavy atom. The molecule has 2 atom stereocenters. The topological polar surface area (TPSA) is 32.8 Å². The molecule has 1 aliphatic carbocycles. The molecule has 1 amide bonds. The highest BCUT2D eigenvalue weighted by Crippen LogP contribution is 2.26. The van der Waals surface area contributed by atoms with Gasteiger partial charge in [-0.05, 0) is 51.2 Å². The van der Waals surface area contributed by atoms with Crippen LogP contribution >= 0.6 is 0 Å². The van der Waals surface area contributed by atoms with E-state index < -0.39 is 0 Å². The first-order chi connectivity index (χ1) is 10.0. The Morgan fingerprint density at radius 3 is 2.14 bits per heavy atom. The second-order valence-electron chi connectivity index (χ2n) is 6.03. The molecule has 0 spiro atoms. The number of benzene rings is 1. The van der Waals surface area contributed by atoms with E-state index in [0.717, 1.165) is 24.2 Å². The average Bonchev–Trinajstić information content (AvgIpc) is 2.53. The third-order valence-corrected chi connectivity index (χ3v) is 4.51. The molecule has 0 N–H and O–H groups in total. The minimum atomic E-state index is 0.0939. The summed E-state index contributed by atoms with van der Waals surface area (Å²) in [4.78, 5) is 16.9. The lowest BCUT2D eigenvalue weighted by atomic mass is 9.88. The highest BCUT2D eigenvalue weighted by molar-refractivity contribution is 5.94. The molecule has 0 aromatic heterocycles. The molecule has 1 aliphatic rings. The number of likely N-dealkylation sites (N-methyl/N-ethyl adjacent to an activating group) is 2. The lowest BCUT2D eigenvalue weighted by molar-refractivity contribution is 0.0544. The van der Waals surface area contributed by atoms with Crippen LogP contribution in [0, 0.1) is 0 Å². The molecule has 0 aliphatic heterocycles. The highest BCUT2D eigenvalue weighted by atomic mass is 16.5. The first kappa shape index (κ1) is 15.8. The fourth-order valence-electron chi connectivity index (χ4n) is 3.23. The van der Waals surface area contributed by atoms with Gasteiger partial charge in [0.15, 0.2) is 0 Å². The number of amides is 1. The van der Waals surface area contributed by atoms with Gasteiger partial charge in [0.2, 0.25) is 0 Å². The summed E-state index contributed by atoms with van der Waals surface area (Å²) in [6.07, 6.45) is 4.71. The predicted molar refractivity (Wildman–Crippen MR) is 84.8 cm³/mol. The molecule has 1 aromatic carbocycles. The summed E-state index contributed by atoms with van der Waals surface area (Å²) in [5.41, 5.74) is 0.723. The van der Waals surface area contributed by atoms with Gasteiger partial charge in [-0.2, -0.15) is 0 Å². The molecule has 0 unspecified atom stereocenters. The zero-order chi connectivity index (χ0) is 15.4. The van der Waals surface area contributed by atoms with Crippen LogP contribution in [-0.2, 0) is 0 Å². The molecule has 116 valence electrons. The second-order valence-corrected chi connectivity index (χ2v) is 6.03. The molecule has 1 fully saturated rings. The van der Waals surface area contributed by atoms with Crippen molar-refractivity contribution in [1.82, 2.24) is 9.80 Å². The number of hydrogen-bond acceptors (Lipinski definition) is 3. The second kappa shape index (κ2) is 6.94. The van der Waals surface area contributed by atoms with Crippen molar-refractivity contribution in [2.75, 3.05) is 28.3 Å². The van der Waals surface area contributed by atoms with E-state index in [1.54, 1.807) is 7.11 Å². The standard InChI is InChI=1S/C17H26N2O2/c1-18(2)15-7-5-6-8-16(15)19(3)17(20)13-9-11-14(21-4)12-10-13/h9-12,15-16H,5-8H2,1-4H3/t15-,16-/m0/s1. The molecule has 4 heteroatoms. The lowest BCUT2D eigenvalue weighted by Crippen LogP contribution is -2.51. The Morgan fingerprint density at radius 1 is 1.05 bits per heavy atom. The van der Waals surface area contributed by atoms with Crippen molar-refractivity contribution >= 4 is 5.91 Å². The fraction of sp³-hybridized carbons (Fsp3) is 0.588. The highest BCUT2D eigenvalue weighted by Gasteiger charge is 2.32. The van der Waals surface area contributed by atoms with Gasteiger partial charge in [0.25, 0.3) is 5.91 Å². The molecular formula is C17H26N2O2. The van der Waals surface area contributed by atoms with Crippen molar-refractivity contribution in [3.05, 3.63) is 29.8 Å². The van der Waals surface area contributed by atoms with E-state index >= 15 is 0 Å². The van der Waals surface area contributed by atoms with Gasteiger partial charge in [0, 0.05) is 24.7 Å². The van der Waals surface area contributed by atoms with Crippen LogP contribution in [0.3, 0.4) is 0 Å². The SMILES string of the molecule is COc1ccc(C(=O)N(C)[C@H]2CCCC[C@@H]2N(C)C)cc1. The van der Waals surface area contributed by atoms with Gasteiger partial charge >= 0.3 is 0 Å². The number of hydrogen-bond donors (Lipinski definition) is 0. The van der Waals surface area contributed by atoms with E-state index in [2.05, 4.69) is 19.0 Å². The number of methoxy groups -OCH3 is 1. The van der Waals surface area contributed by atoms with E-state index in [-0.39, 0.29) is 5.91 Å². The van der Waals surface area contributed by atoms with Crippen molar-refractivity contribution in [3.8, 4) is 5.75 Å². The van der Waals surface area contributed by atoms with E-state index in [1.165, 1.54) is 12.8 Å². The van der Waals surface area contributed by atoms with Crippen molar-refractivity contribution in [1.29, 1.82) is 0 Å². The minimum absolute atomic E-state index is 0.0939. The molecule has 4 nitrogen and oxygen atoms in total. The number of rotatable bonds is 4. The number of nitrogens with zero attached hydrogens (tertiary/aromatic N) is 2. The third kappa shape index (κ3) is 3.56. The van der Waals surface area contributed by atoms with Crippen molar-refractivity contribution in [3.63, 3.8) is 0 Å². The van der Waals surface area contributed by atoms with Crippen LogP contribution in [0.1, 0.15) is 36.0 Å². The summed E-state index contributed by atoms with van der Waals surface area (Å²) in [5.74, 6) is 0.870. The molecule has 0 radical (unpaired) electrons. The van der Waals surface area contributed by atoms with E-state index in [0.29, 0.717) is 12.1 Å². The predicted octanol–water partition coefficient (Wildman–Crippen LogP) is 2.64. The van der Waals surface area contributed by atoms with Crippen LogP contribution in [0.25, 0.3) is 0 Å². The quantitative estimate of drug-likeness (QED) is 0.854. The summed E-state index contributed by atoms with van der Waals surface area (Å²) in [6, 6.07) is 8.10. The number of carbonyl (C=O) groups excluding carboxylic acids is 1. The molecule has 0 bridgehead atoms. The van der Waals surface area contributed by atoms with Gasteiger partial charge < -0.3 is 14.5 Å². The molecule has 1 saturated carbocycles. The van der Waals surface area contributed by atoms with Crippen LogP contribution < -0.4 is 4.74 Å². The summed E-state index contributed by atoms with van der Waals surface area (Å²) in [5, 5.41) is 0. The van der Waals surface area contributed by atoms with E-state index in [1.807, 2.05) is 36.2 Å². The summed E-state index contributed by atoms with van der Waals surface area (Å²) in [7, 11) is 7.77. The smallest absolute Gasteiger partial charge is 0.253 e. The normalized spacial score (nSPS) is 22.1. The zero-order valence-corrected chi connectivity index (χ0v) is 13.5. The molecule has 1 aromatic rings. The van der Waals surface area contributed by atoms with Crippen LogP contribution in [0.2, 0.25) is 0 Å². The molecule has 21 heavy (non-hydrogen) atoms. The largest absolute Gasteiger partial charge is 0.497 e. The summed E-state index contributed by atoms with van der Waals surface area (Å²) < 4.78 is 5.14. The maximum absolute atomic E-state index is 12.7. The monoisotopic (exact) mass is 290 g/mol. The van der Waals surface area contributed by atoms with Gasteiger partial charge in [-0.15, -0.1) is 0 Å². The summed E-state index contributed by atoms with van der Waals surface area (Å²) in [6.45, 7) is 0. The third-order valence-electron chi connectivity index (χ3n) is 4.51. The van der Waals surface area contributed by atoms with Gasteiger partial charge in [-0.1, -0.05) is 12.8 Å². The first-order valence-electron chi connectivity index (χ1n) is 7.62. The Hall–Kier alpha value is -1.55. The lowest BCUT2D eigenvalue weighted by Gasteiger charge is -2.41. The van der Waals surface area contributed by atoms with Crippen LogP contribution in [-0.4, -0.2) is 56.0 Å². The Kier molecular flexibility index (Phi) is 5.23. The zero-order valence-electron chi connectivity index (χ0n) is 13.5. The Bertz CT molecular complexity index is 470. The maximum atomic E-state index is 12.7. The maximum Gasteiger partial charge on any atom is 0.253 e. The minimum Gasteiger partial charge on any atom is -0.497 e. The average molecular weight is 290 g/mol. The number of ether oxygens (including phenoxy) is 1. The van der Waals surface area contributed by atoms with E-state index in [4.69, 9.17) is 4.74 Å². The van der Waals surface area contributed by atoms with E-state index in [9.17, 15) is 4.79 Å². The molecule has 0 saturated heterocycles. The molecule has 0 heterocycles. The van der Waals surface area contributed by atoms with Gasteiger partial charge in [0.05, 0.1) is 7.11 Å². The van der Waals surface area contributed by atoms with Crippen molar-refractivity contribution < 1.29 is 9.53 Å². The Labute approximate surface area is 127 Å². The first-order valence-corrected chi connectivity index (χ1v) is 7.62. The molecular weight excluding hydrogens is 264 g/mol. The van der Waals surface area contributed by atoms with Crippen LogP contribution in [0.15, 0.2) is 24.3 Å². The van der Waals surface area contributed by atoms with Crippen molar-refractivity contribution in [2.24, 2.45) is 0 Å². The van der Waals surface area contributed by atoms with Gasteiger partial charge in [-0.3, -0.25) is 4.79 Å². The van der Waals surface area contributed by atoms with Gasteiger partial charge in [-0.25, -0.2) is 0 Å². The van der Waals surface area contributed by atoms with Crippen LogP contribution in [0.4, 0.5) is 0 Å². The van der Waals surface area contributed by atoms with Crippen LogP contribution in [0.5, 0.6) is 5.75 Å². The number of carbonyl (C=O) groups is 1. The van der Waals surface area contributed by atoms with Gasteiger partial charge in [0.1, 0.15) is 5.75 Å².